The van der Waals surface area contributed by atoms with E-state index in [1.54, 1.807) is 13.2 Å². The Labute approximate surface area is 112 Å². The van der Waals surface area contributed by atoms with Crippen molar-refractivity contribution in [3.8, 4) is 0 Å². The van der Waals surface area contributed by atoms with Crippen molar-refractivity contribution in [3.05, 3.63) is 35.4 Å². The lowest BCUT2D eigenvalue weighted by Crippen LogP contribution is -2.32. The Balaban J connectivity index is 2.09. The molecule has 1 aliphatic heterocycles. The smallest absolute Gasteiger partial charge is 0.159 e. The fraction of sp³-hybridized carbons (Fsp3) is 0.571. The minimum absolute atomic E-state index is 0.0584. The maximum absolute atomic E-state index is 13.3. The van der Waals surface area contributed by atoms with Gasteiger partial charge in [0.05, 0.1) is 6.61 Å². The van der Waals surface area contributed by atoms with E-state index in [4.69, 9.17) is 10.5 Å². The van der Waals surface area contributed by atoms with Crippen LogP contribution in [-0.2, 0) is 4.74 Å². The zero-order chi connectivity index (χ0) is 13.8. The summed E-state index contributed by atoms with van der Waals surface area (Å²) in [6, 6.07) is 3.96. The molecule has 2 unspecified atom stereocenters. The number of nitrogens with zero attached hydrogens (tertiary/aromatic N) is 1. The minimum atomic E-state index is -0.821. The molecule has 3 nitrogen and oxygen atoms in total. The third-order valence-electron chi connectivity index (χ3n) is 3.71. The van der Waals surface area contributed by atoms with E-state index in [1.807, 2.05) is 0 Å². The van der Waals surface area contributed by atoms with Gasteiger partial charge in [0.2, 0.25) is 0 Å². The number of methoxy groups -OCH3 is 1. The highest BCUT2D eigenvalue weighted by Gasteiger charge is 2.28. The largest absolute Gasteiger partial charge is 0.384 e. The predicted octanol–water partition coefficient (Wildman–Crippen LogP) is 1.93. The van der Waals surface area contributed by atoms with Crippen LogP contribution in [0.1, 0.15) is 18.0 Å². The molecule has 1 aromatic carbocycles. The quantitative estimate of drug-likeness (QED) is 0.888. The highest BCUT2D eigenvalue weighted by Crippen LogP contribution is 2.28. The van der Waals surface area contributed by atoms with Crippen LogP contribution in [0.5, 0.6) is 0 Å². The van der Waals surface area contributed by atoms with Crippen molar-refractivity contribution in [2.24, 2.45) is 11.7 Å². The molecule has 1 heterocycles. The topological polar surface area (TPSA) is 38.5 Å². The summed E-state index contributed by atoms with van der Waals surface area (Å²) in [6.07, 6.45) is 1.05. The highest BCUT2D eigenvalue weighted by atomic mass is 19.2. The van der Waals surface area contributed by atoms with Gasteiger partial charge in [-0.3, -0.25) is 4.90 Å². The van der Waals surface area contributed by atoms with Crippen LogP contribution in [0.15, 0.2) is 18.2 Å². The number of nitrogens with two attached hydrogens (primary N) is 1. The molecule has 0 aliphatic carbocycles. The van der Waals surface area contributed by atoms with E-state index in [-0.39, 0.29) is 6.04 Å². The van der Waals surface area contributed by atoms with Crippen LogP contribution in [0.2, 0.25) is 0 Å². The predicted molar refractivity (Wildman–Crippen MR) is 69.7 cm³/mol. The fourth-order valence-corrected chi connectivity index (χ4v) is 2.73. The van der Waals surface area contributed by atoms with Crippen LogP contribution >= 0.6 is 0 Å². The van der Waals surface area contributed by atoms with Crippen LogP contribution in [0.25, 0.3) is 0 Å². The molecule has 0 aromatic heterocycles. The normalized spacial score (nSPS) is 21.8. The Kier molecular flexibility index (Phi) is 4.85. The van der Waals surface area contributed by atoms with Gasteiger partial charge in [0, 0.05) is 26.2 Å². The second-order valence-electron chi connectivity index (χ2n) is 5.03. The summed E-state index contributed by atoms with van der Waals surface area (Å²) in [6.45, 7) is 2.92. The molecular weight excluding hydrogens is 250 g/mol. The van der Waals surface area contributed by atoms with E-state index >= 15 is 0 Å². The van der Waals surface area contributed by atoms with Crippen LogP contribution in [0.4, 0.5) is 8.78 Å². The minimum Gasteiger partial charge on any atom is -0.384 e. The summed E-state index contributed by atoms with van der Waals surface area (Å²) >= 11 is 0. The third-order valence-corrected chi connectivity index (χ3v) is 3.71. The number of ether oxygens (including phenoxy) is 1. The summed E-state index contributed by atoms with van der Waals surface area (Å²) in [4.78, 5) is 2.22. The highest BCUT2D eigenvalue weighted by molar-refractivity contribution is 5.22. The van der Waals surface area contributed by atoms with Gasteiger partial charge in [-0.15, -0.1) is 0 Å². The SMILES string of the molecule is COCC1CCN(C(CN)c2ccc(F)c(F)c2)C1. The van der Waals surface area contributed by atoms with E-state index in [0.29, 0.717) is 12.5 Å². The zero-order valence-electron chi connectivity index (χ0n) is 11.1. The van der Waals surface area contributed by atoms with Crippen molar-refractivity contribution < 1.29 is 13.5 Å². The van der Waals surface area contributed by atoms with Gasteiger partial charge in [-0.1, -0.05) is 6.07 Å². The molecule has 1 aliphatic rings. The molecular formula is C14H20F2N2O. The first-order valence-corrected chi connectivity index (χ1v) is 6.53. The lowest BCUT2D eigenvalue weighted by atomic mass is 10.1. The second-order valence-corrected chi connectivity index (χ2v) is 5.03. The maximum Gasteiger partial charge on any atom is 0.159 e. The van der Waals surface area contributed by atoms with Crippen molar-refractivity contribution in [3.63, 3.8) is 0 Å². The molecule has 2 N–H and O–H groups in total. The van der Waals surface area contributed by atoms with Crippen molar-refractivity contribution in [2.45, 2.75) is 12.5 Å². The average Bonchev–Trinajstić information content (AvgIpc) is 2.83. The van der Waals surface area contributed by atoms with Gasteiger partial charge in [-0.25, -0.2) is 8.78 Å². The van der Waals surface area contributed by atoms with Crippen LogP contribution in [0, 0.1) is 17.6 Å². The van der Waals surface area contributed by atoms with E-state index in [0.717, 1.165) is 37.7 Å². The summed E-state index contributed by atoms with van der Waals surface area (Å²) in [5.41, 5.74) is 6.54. The van der Waals surface area contributed by atoms with Gasteiger partial charge >= 0.3 is 0 Å². The molecule has 1 fully saturated rings. The van der Waals surface area contributed by atoms with Crippen molar-refractivity contribution in [1.82, 2.24) is 4.90 Å². The van der Waals surface area contributed by atoms with E-state index in [9.17, 15) is 8.78 Å². The average molecular weight is 270 g/mol. The number of hydrogen-bond donors (Lipinski definition) is 1. The molecule has 1 saturated heterocycles. The number of likely N-dealkylation sites (tertiary alicyclic amines) is 1. The summed E-state index contributed by atoms with van der Waals surface area (Å²) in [5.74, 6) is -1.15. The molecule has 5 heteroatoms. The standard InChI is InChI=1S/C14H20F2N2O/c1-19-9-10-4-5-18(8-10)14(7-17)11-2-3-12(15)13(16)6-11/h2-3,6,10,14H,4-5,7-9,17H2,1H3. The fourth-order valence-electron chi connectivity index (χ4n) is 2.73. The molecule has 1 aromatic rings. The van der Waals surface area contributed by atoms with Gasteiger partial charge in [-0.05, 0) is 36.6 Å². The Morgan fingerprint density at radius 3 is 2.84 bits per heavy atom. The molecule has 106 valence electrons. The van der Waals surface area contributed by atoms with E-state index in [2.05, 4.69) is 4.90 Å². The Hall–Kier alpha value is -1.04. The summed E-state index contributed by atoms with van der Waals surface area (Å²) in [5, 5.41) is 0. The zero-order valence-corrected chi connectivity index (χ0v) is 11.1. The van der Waals surface area contributed by atoms with E-state index < -0.39 is 11.6 Å². The Morgan fingerprint density at radius 1 is 1.42 bits per heavy atom. The number of rotatable bonds is 5. The van der Waals surface area contributed by atoms with Gasteiger partial charge < -0.3 is 10.5 Å². The van der Waals surface area contributed by atoms with Gasteiger partial charge in [0.25, 0.3) is 0 Å². The lowest BCUT2D eigenvalue weighted by molar-refractivity contribution is 0.147. The monoisotopic (exact) mass is 270 g/mol. The van der Waals surface area contributed by atoms with Gasteiger partial charge in [0.1, 0.15) is 0 Å². The molecule has 2 rings (SSSR count). The van der Waals surface area contributed by atoms with Gasteiger partial charge in [0.15, 0.2) is 11.6 Å². The Bertz CT molecular complexity index is 428. The van der Waals surface area contributed by atoms with Gasteiger partial charge in [-0.2, -0.15) is 0 Å². The molecule has 0 bridgehead atoms. The number of benzene rings is 1. The summed E-state index contributed by atoms with van der Waals surface area (Å²) < 4.78 is 31.4. The molecule has 0 amide bonds. The van der Waals surface area contributed by atoms with E-state index in [1.165, 1.54) is 6.07 Å². The first-order valence-electron chi connectivity index (χ1n) is 6.53. The lowest BCUT2D eigenvalue weighted by Gasteiger charge is -2.27. The molecule has 19 heavy (non-hydrogen) atoms. The summed E-state index contributed by atoms with van der Waals surface area (Å²) in [7, 11) is 1.69. The van der Waals surface area contributed by atoms with Crippen LogP contribution in [-0.4, -0.2) is 38.3 Å². The second kappa shape index (κ2) is 6.41. The van der Waals surface area contributed by atoms with Crippen molar-refractivity contribution in [2.75, 3.05) is 33.4 Å². The van der Waals surface area contributed by atoms with Crippen molar-refractivity contribution in [1.29, 1.82) is 0 Å². The van der Waals surface area contributed by atoms with Crippen molar-refractivity contribution >= 4 is 0 Å². The number of halogens is 2. The van der Waals surface area contributed by atoms with Crippen LogP contribution < -0.4 is 5.73 Å². The first kappa shape index (κ1) is 14.4. The number of hydrogen-bond acceptors (Lipinski definition) is 3. The molecule has 0 radical (unpaired) electrons. The van der Waals surface area contributed by atoms with Crippen LogP contribution in [0.3, 0.4) is 0 Å². The Morgan fingerprint density at radius 2 is 2.21 bits per heavy atom. The molecule has 0 saturated carbocycles. The third kappa shape index (κ3) is 3.29. The first-order chi connectivity index (χ1) is 9.15. The molecule has 2 atom stereocenters. The molecule has 0 spiro atoms. The maximum atomic E-state index is 13.3.